The number of aryl methyl sites for hydroxylation is 1. The van der Waals surface area contributed by atoms with Crippen molar-refractivity contribution in [3.8, 4) is 6.07 Å². The predicted molar refractivity (Wildman–Crippen MR) is 81.8 cm³/mol. The van der Waals surface area contributed by atoms with E-state index in [9.17, 15) is 0 Å². The van der Waals surface area contributed by atoms with Gasteiger partial charge < -0.3 is 5.32 Å². The van der Waals surface area contributed by atoms with Gasteiger partial charge in [0.15, 0.2) is 0 Å². The smallest absolute Gasteiger partial charge is 0.0991 e. The molecule has 0 saturated heterocycles. The van der Waals surface area contributed by atoms with Crippen LogP contribution in [0.25, 0.3) is 0 Å². The summed E-state index contributed by atoms with van der Waals surface area (Å²) in [7, 11) is 0. The second-order valence-electron chi connectivity index (χ2n) is 5.77. The molecule has 0 amide bonds. The van der Waals surface area contributed by atoms with Crippen LogP contribution < -0.4 is 5.32 Å². The molecule has 0 unspecified atom stereocenters. The summed E-state index contributed by atoms with van der Waals surface area (Å²) >= 11 is 0. The van der Waals surface area contributed by atoms with E-state index in [1.165, 1.54) is 24.1 Å². The van der Waals surface area contributed by atoms with E-state index in [4.69, 9.17) is 5.26 Å². The minimum atomic E-state index is 0.699. The molecule has 1 heterocycles. The summed E-state index contributed by atoms with van der Waals surface area (Å²) < 4.78 is 2.04. The Bertz CT molecular complexity index is 689. The Hall–Kier alpha value is -2.12. The highest BCUT2D eigenvalue weighted by molar-refractivity contribution is 5.33. The minimum Gasteiger partial charge on any atom is -0.310 e. The zero-order chi connectivity index (χ0) is 14.8. The number of benzene rings is 1. The third kappa shape index (κ3) is 3.14. The van der Waals surface area contributed by atoms with E-state index in [2.05, 4.69) is 30.3 Å². The third-order valence-electron chi connectivity index (χ3n) is 4.06. The lowest BCUT2D eigenvalue weighted by atomic mass is 10.1. The number of nitrogens with one attached hydrogen (secondary N) is 1. The zero-order valence-corrected chi connectivity index (χ0v) is 12.6. The van der Waals surface area contributed by atoms with Crippen LogP contribution in [-0.2, 0) is 13.1 Å². The van der Waals surface area contributed by atoms with E-state index in [-0.39, 0.29) is 0 Å². The first-order chi connectivity index (χ1) is 10.2. The van der Waals surface area contributed by atoms with Gasteiger partial charge in [-0.05, 0) is 44.4 Å². The number of aromatic nitrogens is 2. The van der Waals surface area contributed by atoms with Crippen molar-refractivity contribution in [2.24, 2.45) is 0 Å². The molecule has 1 aliphatic carbocycles. The topological polar surface area (TPSA) is 53.6 Å². The summed E-state index contributed by atoms with van der Waals surface area (Å²) in [6, 6.07) is 10.6. The first kappa shape index (κ1) is 13.8. The lowest BCUT2D eigenvalue weighted by Crippen LogP contribution is -2.16. The van der Waals surface area contributed by atoms with Gasteiger partial charge in [-0.3, -0.25) is 4.68 Å². The molecule has 21 heavy (non-hydrogen) atoms. The van der Waals surface area contributed by atoms with Crippen molar-refractivity contribution in [3.05, 3.63) is 52.3 Å². The lowest BCUT2D eigenvalue weighted by Gasteiger charge is -2.07. The van der Waals surface area contributed by atoms with Gasteiger partial charge in [0.25, 0.3) is 0 Å². The van der Waals surface area contributed by atoms with Crippen LogP contribution in [0.3, 0.4) is 0 Å². The van der Waals surface area contributed by atoms with E-state index in [0.717, 1.165) is 17.8 Å². The number of rotatable bonds is 5. The number of nitriles is 1. The highest BCUT2D eigenvalue weighted by Gasteiger charge is 2.21. The largest absolute Gasteiger partial charge is 0.310 e. The fourth-order valence-electron chi connectivity index (χ4n) is 2.59. The Morgan fingerprint density at radius 1 is 1.38 bits per heavy atom. The van der Waals surface area contributed by atoms with Gasteiger partial charge >= 0.3 is 0 Å². The first-order valence-corrected chi connectivity index (χ1v) is 7.42. The van der Waals surface area contributed by atoms with Gasteiger partial charge in [-0.15, -0.1) is 0 Å². The van der Waals surface area contributed by atoms with Crippen LogP contribution in [0.5, 0.6) is 0 Å². The second kappa shape index (κ2) is 5.71. The molecule has 0 aliphatic heterocycles. The van der Waals surface area contributed by atoms with Crippen LogP contribution in [0.2, 0.25) is 0 Å². The Kier molecular flexibility index (Phi) is 3.76. The van der Waals surface area contributed by atoms with E-state index in [1.807, 2.05) is 28.9 Å². The van der Waals surface area contributed by atoms with E-state index in [0.29, 0.717) is 18.2 Å². The summed E-state index contributed by atoms with van der Waals surface area (Å²) in [5.74, 6) is 0. The summed E-state index contributed by atoms with van der Waals surface area (Å²) in [5.41, 5.74) is 5.42. The standard InChI is InChI=1S/C17H20N4/c1-12-17(10-19-16-6-7-16)13(2)21(20-12)11-15-5-3-4-14(8-15)9-18/h3-5,8,16,19H,6-7,10-11H2,1-2H3. The average Bonchev–Trinajstić information content (AvgIpc) is 3.27. The molecule has 2 aromatic rings. The number of nitrogens with zero attached hydrogens (tertiary/aromatic N) is 3. The van der Waals surface area contributed by atoms with Gasteiger partial charge in [-0.25, -0.2) is 0 Å². The van der Waals surface area contributed by atoms with Crippen LogP contribution >= 0.6 is 0 Å². The van der Waals surface area contributed by atoms with Crippen LogP contribution in [0.15, 0.2) is 24.3 Å². The molecule has 0 atom stereocenters. The molecule has 3 rings (SSSR count). The number of hydrogen-bond acceptors (Lipinski definition) is 3. The molecule has 4 nitrogen and oxygen atoms in total. The van der Waals surface area contributed by atoms with E-state index in [1.54, 1.807) is 0 Å². The van der Waals surface area contributed by atoms with Gasteiger partial charge in [0.1, 0.15) is 0 Å². The van der Waals surface area contributed by atoms with Gasteiger partial charge in [-0.2, -0.15) is 10.4 Å². The molecule has 0 radical (unpaired) electrons. The molecular weight excluding hydrogens is 260 g/mol. The summed E-state index contributed by atoms with van der Waals surface area (Å²) in [5, 5.41) is 17.2. The normalized spacial score (nSPS) is 14.1. The summed E-state index contributed by atoms with van der Waals surface area (Å²) in [6.07, 6.45) is 2.60. The van der Waals surface area contributed by atoms with Crippen molar-refractivity contribution in [1.29, 1.82) is 5.26 Å². The van der Waals surface area contributed by atoms with Crippen LogP contribution in [0, 0.1) is 25.2 Å². The fraction of sp³-hybridized carbons (Fsp3) is 0.412. The minimum absolute atomic E-state index is 0.699. The molecule has 4 heteroatoms. The Morgan fingerprint density at radius 3 is 2.90 bits per heavy atom. The van der Waals surface area contributed by atoms with Crippen molar-refractivity contribution < 1.29 is 0 Å². The monoisotopic (exact) mass is 280 g/mol. The molecule has 1 aromatic heterocycles. The Balaban J connectivity index is 1.78. The average molecular weight is 280 g/mol. The Morgan fingerprint density at radius 2 is 2.19 bits per heavy atom. The molecule has 0 spiro atoms. The fourth-order valence-corrected chi connectivity index (χ4v) is 2.59. The van der Waals surface area contributed by atoms with Crippen molar-refractivity contribution in [2.75, 3.05) is 0 Å². The molecule has 1 saturated carbocycles. The molecule has 108 valence electrons. The molecule has 1 aliphatic rings. The second-order valence-corrected chi connectivity index (χ2v) is 5.77. The third-order valence-corrected chi connectivity index (χ3v) is 4.06. The van der Waals surface area contributed by atoms with Crippen LogP contribution in [-0.4, -0.2) is 15.8 Å². The van der Waals surface area contributed by atoms with Crippen molar-refractivity contribution in [2.45, 2.75) is 45.8 Å². The molecule has 1 aromatic carbocycles. The van der Waals surface area contributed by atoms with Crippen molar-refractivity contribution in [3.63, 3.8) is 0 Å². The van der Waals surface area contributed by atoms with Crippen molar-refractivity contribution in [1.82, 2.24) is 15.1 Å². The van der Waals surface area contributed by atoms with Crippen LogP contribution in [0.4, 0.5) is 0 Å². The summed E-state index contributed by atoms with van der Waals surface area (Å²) in [6.45, 7) is 5.81. The van der Waals surface area contributed by atoms with E-state index < -0.39 is 0 Å². The Labute approximate surface area is 125 Å². The van der Waals surface area contributed by atoms with Crippen LogP contribution in [0.1, 0.15) is 40.9 Å². The van der Waals surface area contributed by atoms with Crippen molar-refractivity contribution >= 4 is 0 Å². The molecule has 1 N–H and O–H groups in total. The SMILES string of the molecule is Cc1nn(Cc2cccc(C#N)c2)c(C)c1CNC1CC1. The maximum Gasteiger partial charge on any atom is 0.0991 e. The molecular formula is C17H20N4. The highest BCUT2D eigenvalue weighted by Crippen LogP contribution is 2.21. The maximum absolute atomic E-state index is 8.98. The summed E-state index contributed by atoms with van der Waals surface area (Å²) in [4.78, 5) is 0. The predicted octanol–water partition coefficient (Wildman–Crippen LogP) is 2.67. The zero-order valence-electron chi connectivity index (χ0n) is 12.6. The van der Waals surface area contributed by atoms with Gasteiger partial charge in [-0.1, -0.05) is 12.1 Å². The highest BCUT2D eigenvalue weighted by atomic mass is 15.3. The quantitative estimate of drug-likeness (QED) is 0.916. The lowest BCUT2D eigenvalue weighted by molar-refractivity contribution is 0.652. The van der Waals surface area contributed by atoms with Gasteiger partial charge in [0.2, 0.25) is 0 Å². The van der Waals surface area contributed by atoms with Gasteiger partial charge in [0, 0.05) is 23.8 Å². The molecule has 1 fully saturated rings. The number of hydrogen-bond donors (Lipinski definition) is 1. The van der Waals surface area contributed by atoms with E-state index >= 15 is 0 Å². The maximum atomic E-state index is 8.98. The van der Waals surface area contributed by atoms with Gasteiger partial charge in [0.05, 0.1) is 23.9 Å². The molecule has 0 bridgehead atoms. The first-order valence-electron chi connectivity index (χ1n) is 7.42.